The van der Waals surface area contributed by atoms with E-state index in [1.807, 2.05) is 0 Å². The van der Waals surface area contributed by atoms with Crippen LogP contribution in [0.5, 0.6) is 0 Å². The van der Waals surface area contributed by atoms with Gasteiger partial charge in [0.25, 0.3) is 0 Å². The van der Waals surface area contributed by atoms with Crippen LogP contribution in [0, 0.1) is 12.3 Å². The van der Waals surface area contributed by atoms with Gasteiger partial charge in [-0.1, -0.05) is 13.3 Å². The maximum Gasteiger partial charge on any atom is 0.0738 e. The van der Waals surface area contributed by atoms with Crippen LogP contribution in [0.4, 0.5) is 0 Å². The van der Waals surface area contributed by atoms with Crippen LogP contribution in [-0.4, -0.2) is 22.9 Å². The van der Waals surface area contributed by atoms with Crippen molar-refractivity contribution in [3.63, 3.8) is 0 Å². The van der Waals surface area contributed by atoms with Gasteiger partial charge in [0.05, 0.1) is 15.9 Å². The van der Waals surface area contributed by atoms with Crippen LogP contribution >= 0.6 is 15.9 Å². The van der Waals surface area contributed by atoms with Crippen molar-refractivity contribution in [2.24, 2.45) is 5.41 Å². The number of aryl methyl sites for hydroxylation is 2. The van der Waals surface area contributed by atoms with Gasteiger partial charge >= 0.3 is 0 Å². The summed E-state index contributed by atoms with van der Waals surface area (Å²) in [5.74, 6) is 0. The fourth-order valence-electron chi connectivity index (χ4n) is 3.02. The van der Waals surface area contributed by atoms with Crippen LogP contribution < -0.4 is 5.32 Å². The summed E-state index contributed by atoms with van der Waals surface area (Å²) in [4.78, 5) is 0. The summed E-state index contributed by atoms with van der Waals surface area (Å²) in [7, 11) is 0. The van der Waals surface area contributed by atoms with E-state index in [0.717, 1.165) is 31.7 Å². The Kier molecular flexibility index (Phi) is 5.07. The van der Waals surface area contributed by atoms with Crippen molar-refractivity contribution in [2.45, 2.75) is 59.4 Å². The molecule has 0 atom stereocenters. The number of nitrogens with zero attached hydrogens (tertiary/aromatic N) is 2. The zero-order valence-corrected chi connectivity index (χ0v) is 14.0. The molecule has 1 saturated carbocycles. The van der Waals surface area contributed by atoms with Crippen LogP contribution in [0.1, 0.15) is 50.9 Å². The van der Waals surface area contributed by atoms with E-state index in [1.165, 1.54) is 35.8 Å². The molecule has 0 spiro atoms. The molecule has 3 nitrogen and oxygen atoms in total. The highest BCUT2D eigenvalue weighted by Gasteiger charge is 2.38. The lowest BCUT2D eigenvalue weighted by Gasteiger charge is -2.42. The summed E-state index contributed by atoms with van der Waals surface area (Å²) in [6.45, 7) is 9.73. The zero-order valence-electron chi connectivity index (χ0n) is 12.4. The van der Waals surface area contributed by atoms with E-state index < -0.39 is 0 Å². The minimum absolute atomic E-state index is 0.469. The van der Waals surface area contributed by atoms with E-state index in [0.29, 0.717) is 5.41 Å². The number of halogens is 1. The van der Waals surface area contributed by atoms with Crippen molar-refractivity contribution >= 4 is 15.9 Å². The Balaban J connectivity index is 2.09. The van der Waals surface area contributed by atoms with Crippen molar-refractivity contribution in [1.82, 2.24) is 15.1 Å². The second-order valence-corrected chi connectivity index (χ2v) is 6.66. The third-order valence-electron chi connectivity index (χ3n) is 4.34. The van der Waals surface area contributed by atoms with Gasteiger partial charge in [-0.25, -0.2) is 0 Å². The first kappa shape index (κ1) is 15.0. The molecular formula is C15H26BrN3. The van der Waals surface area contributed by atoms with Gasteiger partial charge in [0.15, 0.2) is 0 Å². The SMILES string of the molecule is CCCNCC1(Cc2c(Br)c(C)nn2CC)CCC1. The van der Waals surface area contributed by atoms with Gasteiger partial charge in [-0.3, -0.25) is 4.68 Å². The summed E-state index contributed by atoms with van der Waals surface area (Å²) < 4.78 is 3.38. The van der Waals surface area contributed by atoms with E-state index in [1.54, 1.807) is 0 Å². The molecule has 0 bridgehead atoms. The van der Waals surface area contributed by atoms with Gasteiger partial charge in [-0.15, -0.1) is 0 Å². The maximum absolute atomic E-state index is 4.62. The van der Waals surface area contributed by atoms with Gasteiger partial charge < -0.3 is 5.32 Å². The average molecular weight is 328 g/mol. The van der Waals surface area contributed by atoms with Gasteiger partial charge in [0.2, 0.25) is 0 Å². The van der Waals surface area contributed by atoms with E-state index in [9.17, 15) is 0 Å². The third-order valence-corrected chi connectivity index (χ3v) is 5.37. The number of rotatable bonds is 7. The smallest absolute Gasteiger partial charge is 0.0738 e. The monoisotopic (exact) mass is 327 g/mol. The largest absolute Gasteiger partial charge is 0.316 e. The first-order chi connectivity index (χ1) is 9.12. The lowest BCUT2D eigenvalue weighted by molar-refractivity contribution is 0.127. The second-order valence-electron chi connectivity index (χ2n) is 5.87. The molecule has 4 heteroatoms. The Hall–Kier alpha value is -0.350. The molecule has 0 amide bonds. The molecule has 1 aliphatic carbocycles. The van der Waals surface area contributed by atoms with Crippen LogP contribution in [-0.2, 0) is 13.0 Å². The molecule has 108 valence electrons. The predicted molar refractivity (Wildman–Crippen MR) is 83.5 cm³/mol. The van der Waals surface area contributed by atoms with Gasteiger partial charge in [-0.05, 0) is 67.4 Å². The normalized spacial score (nSPS) is 17.5. The Morgan fingerprint density at radius 3 is 2.63 bits per heavy atom. The van der Waals surface area contributed by atoms with Gasteiger partial charge in [-0.2, -0.15) is 5.10 Å². The van der Waals surface area contributed by atoms with Gasteiger partial charge in [0, 0.05) is 13.1 Å². The number of nitrogens with one attached hydrogen (secondary N) is 1. The summed E-state index contributed by atoms with van der Waals surface area (Å²) >= 11 is 3.73. The van der Waals surface area contributed by atoms with Crippen LogP contribution in [0.2, 0.25) is 0 Å². The molecular weight excluding hydrogens is 302 g/mol. The fourth-order valence-corrected chi connectivity index (χ4v) is 3.44. The molecule has 1 aromatic heterocycles. The molecule has 0 unspecified atom stereocenters. The van der Waals surface area contributed by atoms with E-state index in [-0.39, 0.29) is 0 Å². The predicted octanol–water partition coefficient (Wildman–Crippen LogP) is 3.69. The van der Waals surface area contributed by atoms with E-state index >= 15 is 0 Å². The molecule has 0 aliphatic heterocycles. The summed E-state index contributed by atoms with van der Waals surface area (Å²) in [5.41, 5.74) is 2.97. The molecule has 1 aromatic rings. The minimum Gasteiger partial charge on any atom is -0.316 e. The molecule has 2 rings (SSSR count). The van der Waals surface area contributed by atoms with Crippen LogP contribution in [0.3, 0.4) is 0 Å². The van der Waals surface area contributed by atoms with Crippen molar-refractivity contribution < 1.29 is 0 Å². The summed E-state index contributed by atoms with van der Waals surface area (Å²) in [5, 5.41) is 8.23. The maximum atomic E-state index is 4.62. The highest BCUT2D eigenvalue weighted by molar-refractivity contribution is 9.10. The Morgan fingerprint density at radius 1 is 1.37 bits per heavy atom. The van der Waals surface area contributed by atoms with Gasteiger partial charge in [0.1, 0.15) is 0 Å². The number of hydrogen-bond acceptors (Lipinski definition) is 2. The number of hydrogen-bond donors (Lipinski definition) is 1. The molecule has 1 N–H and O–H groups in total. The second kappa shape index (κ2) is 6.40. The number of aromatic nitrogens is 2. The highest BCUT2D eigenvalue weighted by Crippen LogP contribution is 2.44. The minimum atomic E-state index is 0.469. The van der Waals surface area contributed by atoms with E-state index in [2.05, 4.69) is 51.8 Å². The lowest BCUT2D eigenvalue weighted by Crippen LogP contribution is -2.42. The highest BCUT2D eigenvalue weighted by atomic mass is 79.9. The molecule has 1 heterocycles. The fraction of sp³-hybridized carbons (Fsp3) is 0.800. The molecule has 0 saturated heterocycles. The van der Waals surface area contributed by atoms with Crippen molar-refractivity contribution in [3.05, 3.63) is 15.9 Å². The van der Waals surface area contributed by atoms with Crippen molar-refractivity contribution in [1.29, 1.82) is 0 Å². The third kappa shape index (κ3) is 3.22. The summed E-state index contributed by atoms with van der Waals surface area (Å²) in [6, 6.07) is 0. The Labute approximate surface area is 125 Å². The standard InChI is InChI=1S/C15H26BrN3/c1-4-9-17-11-15(7-6-8-15)10-13-14(16)12(3)18-19(13)5-2/h17H,4-11H2,1-3H3. The first-order valence-corrected chi connectivity index (χ1v) is 8.33. The van der Waals surface area contributed by atoms with Crippen molar-refractivity contribution in [3.8, 4) is 0 Å². The molecule has 1 fully saturated rings. The Morgan fingerprint density at radius 2 is 2.11 bits per heavy atom. The summed E-state index contributed by atoms with van der Waals surface area (Å²) in [6.07, 6.45) is 6.45. The topological polar surface area (TPSA) is 29.9 Å². The zero-order chi connectivity index (χ0) is 13.9. The lowest BCUT2D eigenvalue weighted by atomic mass is 9.66. The molecule has 0 radical (unpaired) electrons. The molecule has 19 heavy (non-hydrogen) atoms. The van der Waals surface area contributed by atoms with E-state index in [4.69, 9.17) is 0 Å². The molecule has 1 aliphatic rings. The quantitative estimate of drug-likeness (QED) is 0.774. The van der Waals surface area contributed by atoms with Crippen LogP contribution in [0.15, 0.2) is 4.47 Å². The first-order valence-electron chi connectivity index (χ1n) is 7.54. The molecule has 0 aromatic carbocycles. The van der Waals surface area contributed by atoms with Crippen LogP contribution in [0.25, 0.3) is 0 Å². The average Bonchev–Trinajstić information content (AvgIpc) is 2.63. The van der Waals surface area contributed by atoms with Crippen molar-refractivity contribution in [2.75, 3.05) is 13.1 Å². The Bertz CT molecular complexity index is 421.